The number of urea groups is 1. The van der Waals surface area contributed by atoms with Crippen LogP contribution in [0.1, 0.15) is 30.2 Å². The van der Waals surface area contributed by atoms with Crippen molar-refractivity contribution in [2.75, 3.05) is 5.32 Å². The molecule has 2 N–H and O–H groups in total. The molecule has 3 rings (SSSR count). The Morgan fingerprint density at radius 2 is 2.35 bits per heavy atom. The van der Waals surface area contributed by atoms with Gasteiger partial charge in [0.2, 0.25) is 0 Å². The number of nitrogens with one attached hydrogen (secondary N) is 2. The molecule has 5 nitrogen and oxygen atoms in total. The molecule has 2 aromatic heterocycles. The summed E-state index contributed by atoms with van der Waals surface area (Å²) in [7, 11) is 0. The van der Waals surface area contributed by atoms with Crippen molar-refractivity contribution in [2.45, 2.75) is 25.3 Å². The number of aromatic nitrogens is 1. The number of anilines is 1. The zero-order valence-corrected chi connectivity index (χ0v) is 10.7. The molecule has 0 radical (unpaired) electrons. The van der Waals surface area contributed by atoms with Crippen LogP contribution in [0.5, 0.6) is 0 Å². The number of rotatable bonds is 2. The molecule has 0 spiro atoms. The van der Waals surface area contributed by atoms with E-state index in [4.69, 9.17) is 4.42 Å². The number of amides is 2. The van der Waals surface area contributed by atoms with Gasteiger partial charge in [0.25, 0.3) is 0 Å². The van der Waals surface area contributed by atoms with Crippen LogP contribution >= 0.6 is 0 Å². The summed E-state index contributed by atoms with van der Waals surface area (Å²) >= 11 is 0. The van der Waals surface area contributed by atoms with E-state index in [1.54, 1.807) is 6.26 Å². The number of hydrogen-bond acceptors (Lipinski definition) is 3. The molecule has 0 aliphatic heterocycles. The Kier molecular flexibility index (Phi) is 3.37. The minimum atomic E-state index is -0.560. The lowest BCUT2D eigenvalue weighted by molar-refractivity contribution is 0.246. The monoisotopic (exact) mass is 275 g/mol. The minimum absolute atomic E-state index is 0.0950. The van der Waals surface area contributed by atoms with Crippen LogP contribution in [0.25, 0.3) is 0 Å². The third kappa shape index (κ3) is 2.49. The Morgan fingerprint density at radius 1 is 1.45 bits per heavy atom. The van der Waals surface area contributed by atoms with Crippen molar-refractivity contribution in [3.05, 3.63) is 47.9 Å². The number of furan rings is 1. The van der Waals surface area contributed by atoms with Gasteiger partial charge in [-0.05, 0) is 25.0 Å². The van der Waals surface area contributed by atoms with Gasteiger partial charge in [0.15, 0.2) is 5.82 Å². The highest BCUT2D eigenvalue weighted by Crippen LogP contribution is 2.30. The summed E-state index contributed by atoms with van der Waals surface area (Å²) in [5.41, 5.74) is 1.11. The standard InChI is InChI=1S/C14H14FN3O2/c15-10-8-16-6-4-12(10)18-14(19)17-11-2-1-3-13-9(11)5-7-20-13/h4-8,11H,1-3H2,(H2,16,17,18,19)/t11-/m1/s1. The van der Waals surface area contributed by atoms with Crippen LogP contribution in [0.3, 0.4) is 0 Å². The summed E-state index contributed by atoms with van der Waals surface area (Å²) in [6.07, 6.45) is 6.80. The van der Waals surface area contributed by atoms with E-state index in [0.29, 0.717) is 0 Å². The molecule has 0 unspecified atom stereocenters. The quantitative estimate of drug-likeness (QED) is 0.885. The summed E-state index contributed by atoms with van der Waals surface area (Å²) in [4.78, 5) is 15.6. The first kappa shape index (κ1) is 12.7. The molecule has 0 fully saturated rings. The highest BCUT2D eigenvalue weighted by Gasteiger charge is 2.24. The van der Waals surface area contributed by atoms with Crippen LogP contribution < -0.4 is 10.6 Å². The normalized spacial score (nSPS) is 17.4. The molecule has 1 aliphatic rings. The molecule has 2 aromatic rings. The van der Waals surface area contributed by atoms with Crippen LogP contribution in [0.15, 0.2) is 35.2 Å². The van der Waals surface area contributed by atoms with Crippen molar-refractivity contribution >= 4 is 11.7 Å². The van der Waals surface area contributed by atoms with Gasteiger partial charge in [-0.3, -0.25) is 4.98 Å². The SMILES string of the molecule is O=C(Nc1ccncc1F)N[C@@H]1CCCc2occc21. The predicted octanol–water partition coefficient (Wildman–Crippen LogP) is 3.01. The molecule has 1 atom stereocenters. The second-order valence-corrected chi connectivity index (χ2v) is 4.70. The highest BCUT2D eigenvalue weighted by atomic mass is 19.1. The summed E-state index contributed by atoms with van der Waals surface area (Å²) in [6, 6.07) is 2.75. The number of hydrogen-bond donors (Lipinski definition) is 2. The maximum absolute atomic E-state index is 13.4. The zero-order valence-electron chi connectivity index (χ0n) is 10.7. The number of pyridine rings is 1. The second-order valence-electron chi connectivity index (χ2n) is 4.70. The maximum Gasteiger partial charge on any atom is 0.319 e. The van der Waals surface area contributed by atoms with Crippen molar-refractivity contribution in [2.24, 2.45) is 0 Å². The van der Waals surface area contributed by atoms with E-state index in [-0.39, 0.29) is 11.7 Å². The Bertz CT molecular complexity index is 626. The third-order valence-electron chi connectivity index (χ3n) is 3.38. The van der Waals surface area contributed by atoms with E-state index in [1.807, 2.05) is 6.07 Å². The van der Waals surface area contributed by atoms with Gasteiger partial charge in [0.05, 0.1) is 24.2 Å². The molecule has 0 bridgehead atoms. The fourth-order valence-electron chi connectivity index (χ4n) is 2.43. The number of fused-ring (bicyclic) bond motifs is 1. The molecule has 1 aliphatic carbocycles. The van der Waals surface area contributed by atoms with Crippen LogP contribution in [-0.2, 0) is 6.42 Å². The molecule has 2 amide bonds. The lowest BCUT2D eigenvalue weighted by Crippen LogP contribution is -2.34. The highest BCUT2D eigenvalue weighted by molar-refractivity contribution is 5.89. The Balaban J connectivity index is 1.68. The van der Waals surface area contributed by atoms with Crippen LogP contribution in [0.2, 0.25) is 0 Å². The van der Waals surface area contributed by atoms with Crippen molar-refractivity contribution in [3.63, 3.8) is 0 Å². The molecule has 20 heavy (non-hydrogen) atoms. The smallest absolute Gasteiger partial charge is 0.319 e. The van der Waals surface area contributed by atoms with E-state index in [2.05, 4.69) is 15.6 Å². The van der Waals surface area contributed by atoms with Gasteiger partial charge >= 0.3 is 6.03 Å². The lowest BCUT2D eigenvalue weighted by atomic mass is 9.93. The van der Waals surface area contributed by atoms with Gasteiger partial charge in [0, 0.05) is 18.2 Å². The van der Waals surface area contributed by atoms with Gasteiger partial charge in [-0.1, -0.05) is 0 Å². The topological polar surface area (TPSA) is 67.2 Å². The average Bonchev–Trinajstić information content (AvgIpc) is 2.91. The molecule has 0 saturated carbocycles. The van der Waals surface area contributed by atoms with Crippen molar-refractivity contribution in [1.82, 2.24) is 10.3 Å². The number of nitrogens with zero attached hydrogens (tertiary/aromatic N) is 1. The van der Waals surface area contributed by atoms with Crippen molar-refractivity contribution < 1.29 is 13.6 Å². The number of halogens is 1. The second kappa shape index (κ2) is 5.32. The Hall–Kier alpha value is -2.37. The summed E-state index contributed by atoms with van der Waals surface area (Å²) < 4.78 is 18.8. The molecular weight excluding hydrogens is 261 g/mol. The summed E-state index contributed by atoms with van der Waals surface area (Å²) in [5, 5.41) is 5.32. The average molecular weight is 275 g/mol. The Morgan fingerprint density at radius 3 is 3.20 bits per heavy atom. The molecule has 0 aromatic carbocycles. The van der Waals surface area contributed by atoms with Gasteiger partial charge < -0.3 is 15.1 Å². The Labute approximate surface area is 115 Å². The molecule has 2 heterocycles. The first-order valence-corrected chi connectivity index (χ1v) is 6.47. The first-order valence-electron chi connectivity index (χ1n) is 6.47. The van der Waals surface area contributed by atoms with Gasteiger partial charge in [-0.2, -0.15) is 0 Å². The van der Waals surface area contributed by atoms with Crippen LogP contribution in [-0.4, -0.2) is 11.0 Å². The number of carbonyl (C=O) groups excluding carboxylic acids is 1. The van der Waals surface area contributed by atoms with E-state index >= 15 is 0 Å². The van der Waals surface area contributed by atoms with Crippen LogP contribution in [0, 0.1) is 5.82 Å². The zero-order chi connectivity index (χ0) is 13.9. The van der Waals surface area contributed by atoms with Crippen LogP contribution in [0.4, 0.5) is 14.9 Å². The van der Waals surface area contributed by atoms with E-state index in [1.165, 1.54) is 12.3 Å². The van der Waals surface area contributed by atoms with E-state index < -0.39 is 11.8 Å². The fourth-order valence-corrected chi connectivity index (χ4v) is 2.43. The van der Waals surface area contributed by atoms with E-state index in [0.717, 1.165) is 36.8 Å². The van der Waals surface area contributed by atoms with Crippen molar-refractivity contribution in [3.8, 4) is 0 Å². The maximum atomic E-state index is 13.4. The predicted molar refractivity (Wildman–Crippen MR) is 70.7 cm³/mol. The number of carbonyl (C=O) groups is 1. The van der Waals surface area contributed by atoms with Gasteiger partial charge in [0.1, 0.15) is 5.76 Å². The fraction of sp³-hybridized carbons (Fsp3) is 0.286. The molecule has 104 valence electrons. The first-order chi connectivity index (χ1) is 9.74. The van der Waals surface area contributed by atoms with Gasteiger partial charge in [-0.15, -0.1) is 0 Å². The molecule has 6 heteroatoms. The van der Waals surface area contributed by atoms with Gasteiger partial charge in [-0.25, -0.2) is 9.18 Å². The van der Waals surface area contributed by atoms with Crippen molar-refractivity contribution in [1.29, 1.82) is 0 Å². The summed E-state index contributed by atoms with van der Waals surface area (Å²) in [6.45, 7) is 0. The van der Waals surface area contributed by atoms with E-state index in [9.17, 15) is 9.18 Å². The lowest BCUT2D eigenvalue weighted by Gasteiger charge is -2.22. The largest absolute Gasteiger partial charge is 0.469 e. The molecule has 0 saturated heterocycles. The summed E-state index contributed by atoms with van der Waals surface area (Å²) in [5.74, 6) is 0.354. The minimum Gasteiger partial charge on any atom is -0.469 e. The number of aryl methyl sites for hydroxylation is 1. The molecular formula is C14H14FN3O2. The third-order valence-corrected chi connectivity index (χ3v) is 3.38.